The van der Waals surface area contributed by atoms with Crippen molar-refractivity contribution in [3.8, 4) is 0 Å². The van der Waals surface area contributed by atoms with Crippen LogP contribution < -0.4 is 0 Å². The summed E-state index contributed by atoms with van der Waals surface area (Å²) in [7, 11) is 0. The summed E-state index contributed by atoms with van der Waals surface area (Å²) in [4.78, 5) is 17.5. The van der Waals surface area contributed by atoms with Crippen molar-refractivity contribution in [2.24, 2.45) is 5.92 Å². The lowest BCUT2D eigenvalue weighted by Gasteiger charge is -2.36. The van der Waals surface area contributed by atoms with E-state index >= 15 is 0 Å². The molecule has 0 saturated carbocycles. The van der Waals surface area contributed by atoms with Crippen LogP contribution in [-0.4, -0.2) is 35.3 Å². The molecule has 0 radical (unpaired) electrons. The highest BCUT2D eigenvalue weighted by molar-refractivity contribution is 9.10. The molecule has 1 fully saturated rings. The summed E-state index contributed by atoms with van der Waals surface area (Å²) in [5.74, 6) is 0.559. The number of amides is 1. The van der Waals surface area contributed by atoms with Gasteiger partial charge in [-0.25, -0.2) is 0 Å². The van der Waals surface area contributed by atoms with E-state index in [4.69, 9.17) is 0 Å². The Bertz CT molecular complexity index is 766. The van der Waals surface area contributed by atoms with E-state index < -0.39 is 0 Å². The third-order valence-electron chi connectivity index (χ3n) is 5.70. The van der Waals surface area contributed by atoms with Crippen LogP contribution in [0.2, 0.25) is 0 Å². The van der Waals surface area contributed by atoms with E-state index in [0.717, 1.165) is 56.5 Å². The molecule has 0 unspecified atom stereocenters. The number of fused-ring (bicyclic) bond motifs is 1. The van der Waals surface area contributed by atoms with Crippen LogP contribution in [0.15, 0.2) is 53.0 Å². The van der Waals surface area contributed by atoms with E-state index in [1.165, 1.54) is 16.7 Å². The number of benzene rings is 2. The first-order valence-electron chi connectivity index (χ1n) is 9.51. The Balaban J connectivity index is 1.30. The van der Waals surface area contributed by atoms with Gasteiger partial charge in [-0.15, -0.1) is 0 Å². The molecule has 2 aromatic carbocycles. The van der Waals surface area contributed by atoms with Gasteiger partial charge in [-0.1, -0.05) is 52.3 Å². The van der Waals surface area contributed by atoms with Gasteiger partial charge in [-0.05, 0) is 61.2 Å². The van der Waals surface area contributed by atoms with Crippen molar-refractivity contribution in [3.05, 3.63) is 69.7 Å². The van der Waals surface area contributed by atoms with E-state index in [-0.39, 0.29) is 5.92 Å². The molecule has 0 aromatic heterocycles. The zero-order valence-electron chi connectivity index (χ0n) is 15.0. The van der Waals surface area contributed by atoms with E-state index in [2.05, 4.69) is 74.3 Å². The fourth-order valence-corrected chi connectivity index (χ4v) is 4.39. The average molecular weight is 413 g/mol. The number of halogens is 1. The minimum Gasteiger partial charge on any atom is -0.338 e. The maximum Gasteiger partial charge on any atom is 0.226 e. The van der Waals surface area contributed by atoms with Gasteiger partial charge >= 0.3 is 0 Å². The standard InChI is InChI=1S/C22H25BrN2O/c23-21-7-5-17(6-8-21)15-24-12-9-19(10-13-24)22(26)25-14-11-18-3-1-2-4-20(18)16-25/h1-8,19H,9-16H2. The van der Waals surface area contributed by atoms with Crippen LogP contribution in [0.4, 0.5) is 0 Å². The average Bonchev–Trinajstić information content (AvgIpc) is 2.69. The van der Waals surface area contributed by atoms with Crippen molar-refractivity contribution in [2.45, 2.75) is 32.4 Å². The first-order chi connectivity index (χ1) is 12.7. The molecule has 2 aliphatic heterocycles. The summed E-state index contributed by atoms with van der Waals surface area (Å²) in [5.41, 5.74) is 4.06. The van der Waals surface area contributed by atoms with Gasteiger partial charge in [0, 0.05) is 30.0 Å². The molecule has 4 heteroatoms. The summed E-state index contributed by atoms with van der Waals surface area (Å²) in [6, 6.07) is 17.1. The molecule has 2 aromatic rings. The van der Waals surface area contributed by atoms with E-state index in [1.807, 2.05) is 0 Å². The lowest BCUT2D eigenvalue weighted by molar-refractivity contribution is -0.138. The fourth-order valence-electron chi connectivity index (χ4n) is 4.13. The van der Waals surface area contributed by atoms with Crippen molar-refractivity contribution in [3.63, 3.8) is 0 Å². The topological polar surface area (TPSA) is 23.6 Å². The van der Waals surface area contributed by atoms with Gasteiger partial charge < -0.3 is 4.90 Å². The lowest BCUT2D eigenvalue weighted by Crippen LogP contribution is -2.44. The molecule has 0 bridgehead atoms. The third-order valence-corrected chi connectivity index (χ3v) is 6.23. The number of likely N-dealkylation sites (tertiary alicyclic amines) is 1. The zero-order valence-corrected chi connectivity index (χ0v) is 16.6. The van der Waals surface area contributed by atoms with Crippen LogP contribution in [0, 0.1) is 5.92 Å². The summed E-state index contributed by atoms with van der Waals surface area (Å²) in [6.45, 7) is 4.65. The minimum absolute atomic E-state index is 0.196. The van der Waals surface area contributed by atoms with Crippen molar-refractivity contribution >= 4 is 21.8 Å². The van der Waals surface area contributed by atoms with Crippen molar-refractivity contribution < 1.29 is 4.79 Å². The molecule has 26 heavy (non-hydrogen) atoms. The van der Waals surface area contributed by atoms with Gasteiger partial charge in [-0.2, -0.15) is 0 Å². The molecule has 2 heterocycles. The predicted molar refractivity (Wildman–Crippen MR) is 108 cm³/mol. The number of hydrogen-bond donors (Lipinski definition) is 0. The highest BCUT2D eigenvalue weighted by atomic mass is 79.9. The SMILES string of the molecule is O=C(C1CCN(Cc2ccc(Br)cc2)CC1)N1CCc2ccccc2C1. The quantitative estimate of drug-likeness (QED) is 0.752. The minimum atomic E-state index is 0.196. The number of nitrogens with zero attached hydrogens (tertiary/aromatic N) is 2. The Labute approximate surface area is 164 Å². The first kappa shape index (κ1) is 17.7. The fraction of sp³-hybridized carbons (Fsp3) is 0.409. The van der Waals surface area contributed by atoms with Crippen LogP contribution in [0.25, 0.3) is 0 Å². The van der Waals surface area contributed by atoms with Gasteiger partial charge in [-0.3, -0.25) is 9.69 Å². The van der Waals surface area contributed by atoms with Crippen LogP contribution in [0.1, 0.15) is 29.5 Å². The Morgan fingerprint density at radius 3 is 2.38 bits per heavy atom. The van der Waals surface area contributed by atoms with Crippen molar-refractivity contribution in [2.75, 3.05) is 19.6 Å². The Kier molecular flexibility index (Phi) is 5.41. The lowest BCUT2D eigenvalue weighted by atomic mass is 9.93. The molecular weight excluding hydrogens is 388 g/mol. The molecule has 0 atom stereocenters. The van der Waals surface area contributed by atoms with E-state index in [1.54, 1.807) is 0 Å². The van der Waals surface area contributed by atoms with Gasteiger partial charge in [0.1, 0.15) is 0 Å². The monoisotopic (exact) mass is 412 g/mol. The molecule has 1 amide bonds. The number of hydrogen-bond acceptors (Lipinski definition) is 2. The maximum atomic E-state index is 13.0. The van der Waals surface area contributed by atoms with Gasteiger partial charge in [0.2, 0.25) is 5.91 Å². The molecule has 2 aliphatic rings. The number of rotatable bonds is 3. The first-order valence-corrected chi connectivity index (χ1v) is 10.3. The van der Waals surface area contributed by atoms with Gasteiger partial charge in [0.25, 0.3) is 0 Å². The normalized spacial score (nSPS) is 18.6. The smallest absolute Gasteiger partial charge is 0.226 e. The second kappa shape index (κ2) is 7.93. The number of carbonyl (C=O) groups is 1. The van der Waals surface area contributed by atoms with Crippen LogP contribution in [0.3, 0.4) is 0 Å². The van der Waals surface area contributed by atoms with Crippen molar-refractivity contribution in [1.82, 2.24) is 9.80 Å². The molecule has 136 valence electrons. The molecule has 0 N–H and O–H groups in total. The van der Waals surface area contributed by atoms with E-state index in [9.17, 15) is 4.79 Å². The molecular formula is C22H25BrN2O. The molecule has 0 aliphatic carbocycles. The van der Waals surface area contributed by atoms with Crippen LogP contribution >= 0.6 is 15.9 Å². The van der Waals surface area contributed by atoms with E-state index in [0.29, 0.717) is 5.91 Å². The summed E-state index contributed by atoms with van der Waals surface area (Å²) in [5, 5.41) is 0. The zero-order chi connectivity index (χ0) is 17.9. The highest BCUT2D eigenvalue weighted by Crippen LogP contribution is 2.25. The number of piperidine rings is 1. The third kappa shape index (κ3) is 4.02. The van der Waals surface area contributed by atoms with Crippen LogP contribution in [0.5, 0.6) is 0 Å². The predicted octanol–water partition coefficient (Wildman–Crippen LogP) is 4.25. The second-order valence-electron chi connectivity index (χ2n) is 7.46. The number of carbonyl (C=O) groups excluding carboxylic acids is 1. The Hall–Kier alpha value is -1.65. The Morgan fingerprint density at radius 1 is 0.962 bits per heavy atom. The molecule has 4 rings (SSSR count). The summed E-state index contributed by atoms with van der Waals surface area (Å²) >= 11 is 3.49. The maximum absolute atomic E-state index is 13.0. The second-order valence-corrected chi connectivity index (χ2v) is 8.37. The molecule has 1 saturated heterocycles. The van der Waals surface area contributed by atoms with Gasteiger partial charge in [0.05, 0.1) is 0 Å². The van der Waals surface area contributed by atoms with Crippen LogP contribution in [-0.2, 0) is 24.3 Å². The largest absolute Gasteiger partial charge is 0.338 e. The Morgan fingerprint density at radius 2 is 1.65 bits per heavy atom. The van der Waals surface area contributed by atoms with Gasteiger partial charge in [0.15, 0.2) is 0 Å². The molecule has 3 nitrogen and oxygen atoms in total. The summed E-state index contributed by atoms with van der Waals surface area (Å²) in [6.07, 6.45) is 2.95. The highest BCUT2D eigenvalue weighted by Gasteiger charge is 2.30. The van der Waals surface area contributed by atoms with Crippen molar-refractivity contribution in [1.29, 1.82) is 0 Å². The summed E-state index contributed by atoms with van der Waals surface area (Å²) < 4.78 is 1.12. The molecule has 0 spiro atoms.